The van der Waals surface area contributed by atoms with Crippen molar-refractivity contribution in [3.8, 4) is 0 Å². The first-order chi connectivity index (χ1) is 23.4. The summed E-state index contributed by atoms with van der Waals surface area (Å²) in [6.07, 6.45) is 24.1. The van der Waals surface area contributed by atoms with Gasteiger partial charge in [0.1, 0.15) is 24.5 Å². The van der Waals surface area contributed by atoms with Crippen LogP contribution in [0.15, 0.2) is 79.4 Å². The average Bonchev–Trinajstić information content (AvgIpc) is 3.50. The maximum Gasteiger partial charge on any atom is 0.262 e. The van der Waals surface area contributed by atoms with Gasteiger partial charge in [-0.25, -0.2) is 9.13 Å². The zero-order valence-electron chi connectivity index (χ0n) is 29.5. The molecular weight excluding hydrogens is 598 g/mol. The van der Waals surface area contributed by atoms with Gasteiger partial charge in [-0.2, -0.15) is 0 Å². The van der Waals surface area contributed by atoms with Gasteiger partial charge in [-0.05, 0) is 17.5 Å². The number of carbonyl (C=O) groups excluding carboxylic acids is 3. The van der Waals surface area contributed by atoms with Crippen LogP contribution in [-0.2, 0) is 40.8 Å². The molecule has 3 rings (SSSR count). The molecule has 1 aromatic heterocycles. The number of nitrogens with one attached hydrogen (secondary N) is 3. The lowest BCUT2D eigenvalue weighted by atomic mass is 10.0. The van der Waals surface area contributed by atoms with Gasteiger partial charge in [0.25, 0.3) is 5.91 Å². The predicted molar refractivity (Wildman–Crippen MR) is 193 cm³/mol. The van der Waals surface area contributed by atoms with Gasteiger partial charge in [0, 0.05) is 19.4 Å². The largest absolute Gasteiger partial charge is 0.354 e. The highest BCUT2D eigenvalue weighted by molar-refractivity contribution is 5.92. The quantitative estimate of drug-likeness (QED) is 0.0730. The summed E-state index contributed by atoms with van der Waals surface area (Å²) in [4.78, 5) is 40.2. The summed E-state index contributed by atoms with van der Waals surface area (Å²) in [5, 5.41) is 8.97. The monoisotopic (exact) mass is 658 g/mol. The molecule has 0 saturated heterocycles. The molecule has 2 aromatic carbocycles. The molecule has 1 heterocycles. The van der Waals surface area contributed by atoms with Crippen LogP contribution >= 0.6 is 0 Å². The van der Waals surface area contributed by atoms with Crippen molar-refractivity contribution in [2.24, 2.45) is 7.05 Å². The molecule has 3 N–H and O–H groups in total. The molecule has 0 spiro atoms. The maximum atomic E-state index is 13.7. The van der Waals surface area contributed by atoms with E-state index in [-0.39, 0.29) is 24.3 Å². The molecule has 2 unspecified atom stereocenters. The molecule has 262 valence electrons. The molecule has 0 saturated carbocycles. The topological polar surface area (TPSA) is 96.1 Å². The van der Waals surface area contributed by atoms with Crippen LogP contribution in [0.5, 0.6) is 0 Å². The fourth-order valence-corrected chi connectivity index (χ4v) is 6.05. The standard InChI is InChI=1S/C40H59N5O3/c1-3-4-5-6-7-8-9-10-11-12-13-14-15-22-27-41-39(47)36(30-34-23-18-16-19-24-34)43-40(48)37(31-35-25-20-17-21-26-35)42-38(46)32-45-29-28-44(2)33-45/h16-21,23-26,28-29,33,36-37H,3-15,22,27,30-32H2,1-2H3,(H2-,41,42,43,46,47,48)/p+1. The number of hydrogen-bond acceptors (Lipinski definition) is 3. The van der Waals surface area contributed by atoms with Crippen LogP contribution in [0.3, 0.4) is 0 Å². The maximum absolute atomic E-state index is 13.7. The van der Waals surface area contributed by atoms with Crippen LogP contribution in [0, 0.1) is 0 Å². The first kappa shape index (κ1) is 38.5. The van der Waals surface area contributed by atoms with Crippen molar-refractivity contribution >= 4 is 17.7 Å². The minimum atomic E-state index is -0.832. The highest BCUT2D eigenvalue weighted by Gasteiger charge is 2.27. The number of nitrogens with zero attached hydrogens (tertiary/aromatic N) is 2. The molecule has 0 radical (unpaired) electrons. The van der Waals surface area contributed by atoms with Crippen molar-refractivity contribution in [3.05, 3.63) is 90.5 Å². The highest BCUT2D eigenvalue weighted by Crippen LogP contribution is 2.13. The van der Waals surface area contributed by atoms with Gasteiger partial charge in [-0.15, -0.1) is 0 Å². The minimum Gasteiger partial charge on any atom is -0.354 e. The molecular formula is C40H60N5O3+. The summed E-state index contributed by atoms with van der Waals surface area (Å²) in [6.45, 7) is 2.94. The van der Waals surface area contributed by atoms with Crippen molar-refractivity contribution in [2.75, 3.05) is 6.54 Å². The van der Waals surface area contributed by atoms with E-state index < -0.39 is 12.1 Å². The summed E-state index contributed by atoms with van der Waals surface area (Å²) >= 11 is 0. The Labute approximate surface area is 289 Å². The van der Waals surface area contributed by atoms with Gasteiger partial charge in [0.2, 0.25) is 18.1 Å². The molecule has 0 bridgehead atoms. The van der Waals surface area contributed by atoms with Gasteiger partial charge in [-0.3, -0.25) is 14.4 Å². The Morgan fingerprint density at radius 2 is 1.12 bits per heavy atom. The van der Waals surface area contributed by atoms with Crippen molar-refractivity contribution in [3.63, 3.8) is 0 Å². The van der Waals surface area contributed by atoms with E-state index in [9.17, 15) is 14.4 Å². The number of amides is 3. The summed E-state index contributed by atoms with van der Waals surface area (Å²) < 4.78 is 3.61. The fourth-order valence-electron chi connectivity index (χ4n) is 6.05. The van der Waals surface area contributed by atoms with E-state index in [1.54, 1.807) is 4.57 Å². The number of unbranched alkanes of at least 4 members (excludes halogenated alkanes) is 13. The van der Waals surface area contributed by atoms with Crippen LogP contribution in [0.1, 0.15) is 108 Å². The second-order valence-electron chi connectivity index (χ2n) is 13.2. The predicted octanol–water partition coefficient (Wildman–Crippen LogP) is 6.37. The summed E-state index contributed by atoms with van der Waals surface area (Å²) in [7, 11) is 1.89. The molecule has 3 amide bonds. The van der Waals surface area contributed by atoms with Crippen molar-refractivity contribution in [2.45, 2.75) is 128 Å². The lowest BCUT2D eigenvalue weighted by Crippen LogP contribution is -2.55. The van der Waals surface area contributed by atoms with Crippen LogP contribution in [0.4, 0.5) is 0 Å². The van der Waals surface area contributed by atoms with E-state index in [0.717, 1.165) is 24.0 Å². The Morgan fingerprint density at radius 3 is 1.60 bits per heavy atom. The first-order valence-electron chi connectivity index (χ1n) is 18.4. The number of carbonyl (C=O) groups is 3. The van der Waals surface area contributed by atoms with Gasteiger partial charge < -0.3 is 16.0 Å². The van der Waals surface area contributed by atoms with Gasteiger partial charge in [-0.1, -0.05) is 151 Å². The molecule has 8 heteroatoms. The van der Waals surface area contributed by atoms with Crippen molar-refractivity contribution in [1.29, 1.82) is 0 Å². The third-order valence-corrected chi connectivity index (χ3v) is 8.83. The van der Waals surface area contributed by atoms with Crippen molar-refractivity contribution < 1.29 is 19.0 Å². The normalized spacial score (nSPS) is 12.3. The van der Waals surface area contributed by atoms with Crippen LogP contribution in [0.2, 0.25) is 0 Å². The Bertz CT molecular complexity index is 1310. The molecule has 8 nitrogen and oxygen atoms in total. The van der Waals surface area contributed by atoms with E-state index in [1.807, 2.05) is 91.0 Å². The van der Waals surface area contributed by atoms with Crippen molar-refractivity contribution in [1.82, 2.24) is 20.5 Å². The second-order valence-corrected chi connectivity index (χ2v) is 13.2. The third kappa shape index (κ3) is 16.2. The van der Waals surface area contributed by atoms with Crippen LogP contribution in [0.25, 0.3) is 0 Å². The molecule has 3 aromatic rings. The number of aryl methyl sites for hydroxylation is 1. The number of benzene rings is 2. The highest BCUT2D eigenvalue weighted by atomic mass is 16.2. The average molecular weight is 659 g/mol. The summed E-state index contributed by atoms with van der Waals surface area (Å²) in [5.41, 5.74) is 1.88. The molecule has 0 fully saturated rings. The van der Waals surface area contributed by atoms with E-state index in [2.05, 4.69) is 22.9 Å². The fraction of sp³-hybridized carbons (Fsp3) is 0.550. The SMILES string of the molecule is CCCCCCCCCCCCCCCCNC(=O)C(Cc1ccccc1)NC(=O)C(Cc1ccccc1)NC(=O)Cn1cc[n+](C)c1. The van der Waals surface area contributed by atoms with Crippen LogP contribution < -0.4 is 20.5 Å². The van der Waals surface area contributed by atoms with E-state index in [0.29, 0.717) is 19.4 Å². The number of imidazole rings is 1. The zero-order valence-corrected chi connectivity index (χ0v) is 29.5. The number of hydrogen-bond donors (Lipinski definition) is 3. The summed E-state index contributed by atoms with van der Waals surface area (Å²) in [6, 6.07) is 17.7. The third-order valence-electron chi connectivity index (χ3n) is 8.83. The Balaban J connectivity index is 1.47. The number of aromatic nitrogens is 2. The second kappa shape index (κ2) is 23.4. The Kier molecular flexibility index (Phi) is 18.8. The zero-order chi connectivity index (χ0) is 34.2. The van der Waals surface area contributed by atoms with Gasteiger partial charge in [0.15, 0.2) is 6.54 Å². The molecule has 0 aliphatic rings. The lowest BCUT2D eigenvalue weighted by molar-refractivity contribution is -0.671. The molecule has 0 aliphatic heterocycles. The minimum absolute atomic E-state index is 0.0898. The van der Waals surface area contributed by atoms with E-state index >= 15 is 0 Å². The van der Waals surface area contributed by atoms with Gasteiger partial charge >= 0.3 is 0 Å². The summed E-state index contributed by atoms with van der Waals surface area (Å²) in [5.74, 6) is -0.853. The lowest BCUT2D eigenvalue weighted by Gasteiger charge is -2.23. The first-order valence-corrected chi connectivity index (χ1v) is 18.4. The number of rotatable bonds is 25. The molecule has 0 aliphatic carbocycles. The smallest absolute Gasteiger partial charge is 0.262 e. The molecule has 2 atom stereocenters. The van der Waals surface area contributed by atoms with E-state index in [4.69, 9.17) is 0 Å². The van der Waals surface area contributed by atoms with Gasteiger partial charge in [0.05, 0.1) is 7.05 Å². The van der Waals surface area contributed by atoms with E-state index in [1.165, 1.54) is 77.0 Å². The van der Waals surface area contributed by atoms with Crippen LogP contribution in [-0.4, -0.2) is 40.9 Å². The Morgan fingerprint density at radius 1 is 0.646 bits per heavy atom. The molecule has 48 heavy (non-hydrogen) atoms. The Hall–Kier alpha value is -3.94.